The summed E-state index contributed by atoms with van der Waals surface area (Å²) < 4.78 is 0. The zero-order valence-corrected chi connectivity index (χ0v) is 17.5. The third kappa shape index (κ3) is 3.36. The van der Waals surface area contributed by atoms with Crippen LogP contribution in [0.5, 0.6) is 0 Å². The molecule has 0 spiro atoms. The van der Waals surface area contributed by atoms with Gasteiger partial charge in [0, 0.05) is 35.1 Å². The summed E-state index contributed by atoms with van der Waals surface area (Å²) in [5.41, 5.74) is 4.02. The molecule has 1 atom stereocenters. The molecule has 1 aliphatic heterocycles. The van der Waals surface area contributed by atoms with E-state index >= 15 is 0 Å². The number of benzene rings is 2. The molecule has 0 N–H and O–H groups in total. The SMILES string of the molecule is Cc1ccc(Cl)cc1N1C(=O)CC(c2ccc(Cl)c(Cl)c2)C2=C1CCCC2=O. The molecule has 28 heavy (non-hydrogen) atoms. The molecule has 1 heterocycles. The van der Waals surface area contributed by atoms with E-state index in [1.54, 1.807) is 29.2 Å². The molecule has 0 bridgehead atoms. The van der Waals surface area contributed by atoms with E-state index in [1.165, 1.54) is 0 Å². The highest BCUT2D eigenvalue weighted by atomic mass is 35.5. The monoisotopic (exact) mass is 433 g/mol. The molecule has 6 heteroatoms. The lowest BCUT2D eigenvalue weighted by Crippen LogP contribution is -2.40. The van der Waals surface area contributed by atoms with E-state index in [9.17, 15) is 9.59 Å². The number of aryl methyl sites for hydroxylation is 1. The number of ketones is 1. The van der Waals surface area contributed by atoms with Gasteiger partial charge in [-0.2, -0.15) is 0 Å². The third-order valence-corrected chi connectivity index (χ3v) is 6.41. The van der Waals surface area contributed by atoms with Crippen LogP contribution in [0.2, 0.25) is 15.1 Å². The van der Waals surface area contributed by atoms with E-state index < -0.39 is 0 Å². The van der Waals surface area contributed by atoms with Crippen molar-refractivity contribution in [2.24, 2.45) is 0 Å². The molecule has 1 aliphatic carbocycles. The van der Waals surface area contributed by atoms with Gasteiger partial charge in [-0.3, -0.25) is 14.5 Å². The average molecular weight is 435 g/mol. The second kappa shape index (κ2) is 7.55. The van der Waals surface area contributed by atoms with Crippen LogP contribution in [-0.2, 0) is 9.59 Å². The molecule has 1 unspecified atom stereocenters. The molecular weight excluding hydrogens is 417 g/mol. The van der Waals surface area contributed by atoms with Gasteiger partial charge >= 0.3 is 0 Å². The number of carbonyl (C=O) groups excluding carboxylic acids is 2. The van der Waals surface area contributed by atoms with Crippen molar-refractivity contribution in [3.05, 3.63) is 73.9 Å². The molecule has 144 valence electrons. The number of amides is 1. The van der Waals surface area contributed by atoms with E-state index in [-0.39, 0.29) is 24.0 Å². The van der Waals surface area contributed by atoms with E-state index in [2.05, 4.69) is 0 Å². The Hall–Kier alpha value is -1.81. The molecule has 3 nitrogen and oxygen atoms in total. The Morgan fingerprint density at radius 3 is 2.50 bits per heavy atom. The highest BCUT2D eigenvalue weighted by molar-refractivity contribution is 6.42. The standard InChI is InChI=1S/C22H18Cl3NO2/c1-12-5-7-14(23)10-19(12)26-18-3-2-4-20(27)22(18)15(11-21(26)28)13-6-8-16(24)17(25)9-13/h5-10,15H,2-4,11H2,1H3. The quantitative estimate of drug-likeness (QED) is 0.542. The minimum Gasteiger partial charge on any atom is -0.294 e. The first kappa shape index (κ1) is 19.5. The number of hydrogen-bond donors (Lipinski definition) is 0. The Labute approximate surface area is 178 Å². The number of allylic oxidation sites excluding steroid dienone is 2. The first-order valence-corrected chi connectivity index (χ1v) is 10.3. The summed E-state index contributed by atoms with van der Waals surface area (Å²) in [5, 5.41) is 1.43. The number of nitrogens with zero attached hydrogens (tertiary/aromatic N) is 1. The molecule has 0 aromatic heterocycles. The van der Waals surface area contributed by atoms with Crippen LogP contribution in [0.4, 0.5) is 5.69 Å². The molecule has 2 aromatic rings. The van der Waals surface area contributed by atoms with Gasteiger partial charge in [-0.25, -0.2) is 0 Å². The van der Waals surface area contributed by atoms with Crippen molar-refractivity contribution in [3.8, 4) is 0 Å². The molecule has 0 saturated carbocycles. The van der Waals surface area contributed by atoms with Crippen molar-refractivity contribution in [2.75, 3.05) is 4.90 Å². The Bertz CT molecular complexity index is 1030. The van der Waals surface area contributed by atoms with Crippen LogP contribution in [0.25, 0.3) is 0 Å². The lowest BCUT2D eigenvalue weighted by atomic mass is 9.77. The number of hydrogen-bond acceptors (Lipinski definition) is 2. The van der Waals surface area contributed by atoms with Crippen LogP contribution < -0.4 is 4.90 Å². The van der Waals surface area contributed by atoms with E-state index in [0.717, 1.165) is 28.9 Å². The Balaban J connectivity index is 1.89. The van der Waals surface area contributed by atoms with Gasteiger partial charge in [0.05, 0.1) is 15.7 Å². The minimum absolute atomic E-state index is 0.0464. The predicted octanol–water partition coefficient (Wildman–Crippen LogP) is 6.48. The van der Waals surface area contributed by atoms with Gasteiger partial charge in [0.2, 0.25) is 5.91 Å². The fraction of sp³-hybridized carbons (Fsp3) is 0.273. The molecule has 2 aliphatic rings. The van der Waals surface area contributed by atoms with Gasteiger partial charge in [-0.05, 0) is 55.2 Å². The van der Waals surface area contributed by atoms with Gasteiger partial charge in [0.1, 0.15) is 0 Å². The van der Waals surface area contributed by atoms with E-state index in [1.807, 2.05) is 19.1 Å². The van der Waals surface area contributed by atoms with Gasteiger partial charge in [0.25, 0.3) is 0 Å². The topological polar surface area (TPSA) is 37.4 Å². The Morgan fingerprint density at radius 1 is 0.964 bits per heavy atom. The lowest BCUT2D eigenvalue weighted by molar-refractivity contribution is -0.119. The number of rotatable bonds is 2. The van der Waals surface area contributed by atoms with Crippen molar-refractivity contribution in [1.29, 1.82) is 0 Å². The summed E-state index contributed by atoms with van der Waals surface area (Å²) in [7, 11) is 0. The maximum atomic E-state index is 13.2. The number of halogens is 3. The molecular formula is C22H18Cl3NO2. The fourth-order valence-corrected chi connectivity index (χ4v) is 4.58. The highest BCUT2D eigenvalue weighted by Gasteiger charge is 2.40. The summed E-state index contributed by atoms with van der Waals surface area (Å²) in [6.07, 6.45) is 2.10. The van der Waals surface area contributed by atoms with Crippen LogP contribution in [0, 0.1) is 6.92 Å². The number of carbonyl (C=O) groups is 2. The second-order valence-electron chi connectivity index (χ2n) is 7.23. The molecule has 0 radical (unpaired) electrons. The Kier molecular flexibility index (Phi) is 5.26. The second-order valence-corrected chi connectivity index (χ2v) is 8.48. The summed E-state index contributed by atoms with van der Waals surface area (Å²) in [6, 6.07) is 10.8. The summed E-state index contributed by atoms with van der Waals surface area (Å²) in [4.78, 5) is 27.8. The maximum Gasteiger partial charge on any atom is 0.232 e. The Morgan fingerprint density at radius 2 is 1.75 bits per heavy atom. The van der Waals surface area contributed by atoms with E-state index in [0.29, 0.717) is 33.5 Å². The number of anilines is 1. The zero-order valence-electron chi connectivity index (χ0n) is 15.3. The van der Waals surface area contributed by atoms with Crippen molar-refractivity contribution < 1.29 is 9.59 Å². The van der Waals surface area contributed by atoms with Gasteiger partial charge < -0.3 is 0 Å². The number of Topliss-reactive ketones (excluding diaryl/α,β-unsaturated/α-hetero) is 1. The molecule has 2 aromatic carbocycles. The zero-order chi connectivity index (χ0) is 20.0. The van der Waals surface area contributed by atoms with Crippen LogP contribution >= 0.6 is 34.8 Å². The fourth-order valence-electron chi connectivity index (χ4n) is 4.11. The van der Waals surface area contributed by atoms with Gasteiger partial charge in [-0.1, -0.05) is 46.9 Å². The smallest absolute Gasteiger partial charge is 0.232 e. The van der Waals surface area contributed by atoms with Crippen LogP contribution in [0.1, 0.15) is 42.7 Å². The van der Waals surface area contributed by atoms with Crippen LogP contribution in [0.15, 0.2) is 47.7 Å². The van der Waals surface area contributed by atoms with Gasteiger partial charge in [0.15, 0.2) is 5.78 Å². The molecule has 0 fully saturated rings. The van der Waals surface area contributed by atoms with Crippen molar-refractivity contribution >= 4 is 52.2 Å². The minimum atomic E-state index is -0.305. The van der Waals surface area contributed by atoms with Crippen molar-refractivity contribution in [2.45, 2.75) is 38.5 Å². The average Bonchev–Trinajstić information content (AvgIpc) is 2.66. The first-order valence-electron chi connectivity index (χ1n) is 9.17. The van der Waals surface area contributed by atoms with E-state index in [4.69, 9.17) is 34.8 Å². The lowest BCUT2D eigenvalue weighted by Gasteiger charge is -2.39. The first-order chi connectivity index (χ1) is 13.4. The maximum absolute atomic E-state index is 13.2. The molecule has 0 saturated heterocycles. The normalized spacial score (nSPS) is 19.9. The summed E-state index contributed by atoms with van der Waals surface area (Å²) >= 11 is 18.4. The van der Waals surface area contributed by atoms with Crippen LogP contribution in [0.3, 0.4) is 0 Å². The van der Waals surface area contributed by atoms with Crippen LogP contribution in [-0.4, -0.2) is 11.7 Å². The summed E-state index contributed by atoms with van der Waals surface area (Å²) in [5.74, 6) is -0.259. The van der Waals surface area contributed by atoms with Crippen molar-refractivity contribution in [1.82, 2.24) is 0 Å². The predicted molar refractivity (Wildman–Crippen MR) is 113 cm³/mol. The van der Waals surface area contributed by atoms with Gasteiger partial charge in [-0.15, -0.1) is 0 Å². The molecule has 4 rings (SSSR count). The largest absolute Gasteiger partial charge is 0.294 e. The summed E-state index contributed by atoms with van der Waals surface area (Å²) in [6.45, 7) is 1.94. The highest BCUT2D eigenvalue weighted by Crippen LogP contribution is 2.45. The third-order valence-electron chi connectivity index (χ3n) is 5.43. The van der Waals surface area contributed by atoms with Crippen molar-refractivity contribution in [3.63, 3.8) is 0 Å². The molecule has 1 amide bonds.